The molecule has 1 heterocycles. The molecule has 1 atom stereocenters. The Morgan fingerprint density at radius 1 is 1.45 bits per heavy atom. The summed E-state index contributed by atoms with van der Waals surface area (Å²) in [5, 5.41) is 7.30. The number of nitrogen functional groups attached to an aromatic ring is 1. The van der Waals surface area contributed by atoms with Crippen LogP contribution in [0.4, 0.5) is 5.69 Å². The van der Waals surface area contributed by atoms with Gasteiger partial charge in [-0.25, -0.2) is 17.8 Å². The molecule has 2 rings (SSSR count). The number of halogens is 1. The number of nitrogens with one attached hydrogen (secondary N) is 1. The predicted octanol–water partition coefficient (Wildman–Crippen LogP) is 1.20. The van der Waals surface area contributed by atoms with Gasteiger partial charge in [-0.1, -0.05) is 17.3 Å². The highest BCUT2D eigenvalue weighted by atomic mass is 79.9. The minimum atomic E-state index is -3.74. The maximum atomic E-state index is 12.3. The summed E-state index contributed by atoms with van der Waals surface area (Å²) in [6.07, 6.45) is 0. The molecule has 0 amide bonds. The Labute approximate surface area is 125 Å². The summed E-state index contributed by atoms with van der Waals surface area (Å²) in [7, 11) is -2.23. The molecule has 1 aromatic heterocycles. The maximum Gasteiger partial charge on any atom is 0.261 e. The molecule has 0 fully saturated rings. The van der Waals surface area contributed by atoms with Crippen LogP contribution in [-0.4, -0.2) is 23.4 Å². The Balaban J connectivity index is 2.29. The van der Waals surface area contributed by atoms with Gasteiger partial charge in [0.25, 0.3) is 10.0 Å². The lowest BCUT2D eigenvalue weighted by atomic mass is 10.1. The monoisotopic (exact) mass is 359 g/mol. The van der Waals surface area contributed by atoms with Crippen LogP contribution in [0.25, 0.3) is 0 Å². The molecule has 0 aliphatic rings. The summed E-state index contributed by atoms with van der Waals surface area (Å²) in [6.45, 7) is 1.74. The molecule has 1 aromatic carbocycles. The predicted molar refractivity (Wildman–Crippen MR) is 78.3 cm³/mol. The molecule has 7 nitrogen and oxygen atoms in total. The van der Waals surface area contributed by atoms with E-state index in [2.05, 4.69) is 31.0 Å². The molecule has 108 valence electrons. The van der Waals surface area contributed by atoms with Crippen molar-refractivity contribution in [2.75, 3.05) is 5.73 Å². The number of hydrogen-bond acceptors (Lipinski definition) is 5. The van der Waals surface area contributed by atoms with Gasteiger partial charge in [0.2, 0.25) is 5.03 Å². The van der Waals surface area contributed by atoms with Crippen LogP contribution in [0.2, 0.25) is 0 Å². The van der Waals surface area contributed by atoms with Crippen LogP contribution in [0.3, 0.4) is 0 Å². The Kier molecular flexibility index (Phi) is 4.11. The number of sulfonamides is 1. The number of hydrogen-bond donors (Lipinski definition) is 2. The van der Waals surface area contributed by atoms with Crippen molar-refractivity contribution in [2.24, 2.45) is 7.05 Å². The first-order valence-corrected chi connectivity index (χ1v) is 8.02. The maximum absolute atomic E-state index is 12.3. The SMILES string of the molecule is CC(NS(=O)(=O)c1c(Br)nnn1C)c1cccc(N)c1. The zero-order chi connectivity index (χ0) is 14.9. The molecule has 20 heavy (non-hydrogen) atoms. The number of benzene rings is 1. The van der Waals surface area contributed by atoms with E-state index in [4.69, 9.17) is 5.73 Å². The minimum Gasteiger partial charge on any atom is -0.399 e. The number of nitrogens with two attached hydrogens (primary N) is 1. The Bertz CT molecular complexity index is 709. The van der Waals surface area contributed by atoms with E-state index in [1.165, 1.54) is 11.7 Å². The van der Waals surface area contributed by atoms with Gasteiger partial charge in [-0.2, -0.15) is 0 Å². The highest BCUT2D eigenvalue weighted by Crippen LogP contribution is 2.22. The molecule has 3 N–H and O–H groups in total. The average molecular weight is 360 g/mol. The summed E-state index contributed by atoms with van der Waals surface area (Å²) in [5.41, 5.74) is 7.05. The van der Waals surface area contributed by atoms with Gasteiger partial charge in [0.05, 0.1) is 0 Å². The number of nitrogens with zero attached hydrogens (tertiary/aromatic N) is 3. The zero-order valence-corrected chi connectivity index (χ0v) is 13.3. The number of aromatic nitrogens is 3. The van der Waals surface area contributed by atoms with E-state index in [0.717, 1.165) is 5.56 Å². The second-order valence-corrected chi connectivity index (χ2v) is 6.70. The van der Waals surface area contributed by atoms with E-state index >= 15 is 0 Å². The van der Waals surface area contributed by atoms with Gasteiger partial charge in [0, 0.05) is 18.8 Å². The van der Waals surface area contributed by atoms with Crippen LogP contribution in [0.5, 0.6) is 0 Å². The Morgan fingerprint density at radius 3 is 2.70 bits per heavy atom. The topological polar surface area (TPSA) is 103 Å². The first kappa shape index (κ1) is 14.9. The van der Waals surface area contributed by atoms with Crippen molar-refractivity contribution >= 4 is 31.6 Å². The van der Waals surface area contributed by atoms with Gasteiger partial charge >= 0.3 is 0 Å². The quantitative estimate of drug-likeness (QED) is 0.798. The lowest BCUT2D eigenvalue weighted by Gasteiger charge is -2.15. The van der Waals surface area contributed by atoms with E-state index in [0.29, 0.717) is 5.69 Å². The second kappa shape index (κ2) is 5.51. The molecule has 0 spiro atoms. The third-order valence-electron chi connectivity index (χ3n) is 2.73. The van der Waals surface area contributed by atoms with Crippen molar-refractivity contribution < 1.29 is 8.42 Å². The molecule has 0 radical (unpaired) electrons. The molecule has 2 aromatic rings. The summed E-state index contributed by atoms with van der Waals surface area (Å²) in [4.78, 5) is 0. The summed E-state index contributed by atoms with van der Waals surface area (Å²) < 4.78 is 28.6. The van der Waals surface area contributed by atoms with Gasteiger partial charge in [-0.3, -0.25) is 0 Å². The van der Waals surface area contributed by atoms with Crippen LogP contribution < -0.4 is 10.5 Å². The first-order valence-electron chi connectivity index (χ1n) is 5.74. The fourth-order valence-electron chi connectivity index (χ4n) is 1.79. The van der Waals surface area contributed by atoms with Gasteiger partial charge in [0.1, 0.15) is 0 Å². The highest BCUT2D eigenvalue weighted by Gasteiger charge is 2.26. The molecule has 0 aliphatic carbocycles. The van der Waals surface area contributed by atoms with Crippen molar-refractivity contribution in [3.05, 3.63) is 34.4 Å². The fourth-order valence-corrected chi connectivity index (χ4v) is 4.12. The van der Waals surface area contributed by atoms with Crippen molar-refractivity contribution in [1.82, 2.24) is 19.7 Å². The number of rotatable bonds is 4. The van der Waals surface area contributed by atoms with Gasteiger partial charge < -0.3 is 5.73 Å². The van der Waals surface area contributed by atoms with E-state index in [1.807, 2.05) is 0 Å². The molecule has 0 saturated heterocycles. The summed E-state index contributed by atoms with van der Waals surface area (Å²) in [5.74, 6) is 0. The molecular formula is C11H14BrN5O2S. The van der Waals surface area contributed by atoms with E-state index in [1.54, 1.807) is 31.2 Å². The van der Waals surface area contributed by atoms with Crippen molar-refractivity contribution in [3.63, 3.8) is 0 Å². The van der Waals surface area contributed by atoms with Crippen LogP contribution in [0.15, 0.2) is 33.9 Å². The van der Waals surface area contributed by atoms with E-state index in [9.17, 15) is 8.42 Å². The van der Waals surface area contributed by atoms with E-state index < -0.39 is 16.1 Å². The van der Waals surface area contributed by atoms with Crippen LogP contribution in [0.1, 0.15) is 18.5 Å². The number of anilines is 1. The lowest BCUT2D eigenvalue weighted by molar-refractivity contribution is 0.548. The first-order chi connectivity index (χ1) is 9.31. The third kappa shape index (κ3) is 3.00. The van der Waals surface area contributed by atoms with Crippen LogP contribution in [0, 0.1) is 0 Å². The standard InChI is InChI=1S/C11H14BrN5O2S/c1-7(8-4-3-5-9(13)6-8)15-20(18,19)11-10(12)14-16-17(11)2/h3-7,15H,13H2,1-2H3. The Hall–Kier alpha value is -1.45. The molecule has 0 aliphatic heterocycles. The van der Waals surface area contributed by atoms with Gasteiger partial charge in [-0.05, 0) is 40.5 Å². The van der Waals surface area contributed by atoms with Crippen molar-refractivity contribution in [1.29, 1.82) is 0 Å². The summed E-state index contributed by atoms with van der Waals surface area (Å²) in [6, 6.07) is 6.62. The largest absolute Gasteiger partial charge is 0.399 e. The normalized spacial score (nSPS) is 13.3. The molecule has 9 heteroatoms. The van der Waals surface area contributed by atoms with Crippen LogP contribution in [-0.2, 0) is 17.1 Å². The lowest BCUT2D eigenvalue weighted by Crippen LogP contribution is -2.28. The van der Waals surface area contributed by atoms with Gasteiger partial charge in [-0.15, -0.1) is 5.10 Å². The van der Waals surface area contributed by atoms with Crippen LogP contribution >= 0.6 is 15.9 Å². The van der Waals surface area contributed by atoms with E-state index in [-0.39, 0.29) is 9.63 Å². The second-order valence-electron chi connectivity index (χ2n) is 4.32. The molecule has 0 bridgehead atoms. The average Bonchev–Trinajstić information content (AvgIpc) is 2.69. The zero-order valence-electron chi connectivity index (χ0n) is 10.9. The van der Waals surface area contributed by atoms with Gasteiger partial charge in [0.15, 0.2) is 4.60 Å². The molecule has 1 unspecified atom stereocenters. The van der Waals surface area contributed by atoms with Crippen molar-refractivity contribution in [2.45, 2.75) is 18.0 Å². The smallest absolute Gasteiger partial charge is 0.261 e. The molecular weight excluding hydrogens is 346 g/mol. The van der Waals surface area contributed by atoms with Crippen molar-refractivity contribution in [3.8, 4) is 0 Å². The summed E-state index contributed by atoms with van der Waals surface area (Å²) >= 11 is 3.08. The fraction of sp³-hybridized carbons (Fsp3) is 0.273. The molecule has 0 saturated carbocycles. The third-order valence-corrected chi connectivity index (χ3v) is 5.16. The Morgan fingerprint density at radius 2 is 2.15 bits per heavy atom. The minimum absolute atomic E-state index is 0.0201. The highest BCUT2D eigenvalue weighted by molar-refractivity contribution is 9.10. The number of aryl methyl sites for hydroxylation is 1.